The highest BCUT2D eigenvalue weighted by Gasteiger charge is 2.19. The molecule has 0 saturated carbocycles. The van der Waals surface area contributed by atoms with Crippen LogP contribution in [0.1, 0.15) is 20.8 Å². The molecular weight excluding hydrogens is 349 g/mol. The van der Waals surface area contributed by atoms with Crippen molar-refractivity contribution in [1.29, 1.82) is 0 Å². The average Bonchev–Trinajstić information content (AvgIpc) is 3.12. The molecule has 0 bridgehead atoms. The molecule has 8 heteroatoms. The molecule has 3 aromatic rings. The van der Waals surface area contributed by atoms with Gasteiger partial charge in [0, 0.05) is 5.69 Å². The summed E-state index contributed by atoms with van der Waals surface area (Å²) in [5.74, 6) is -3.92. The zero-order valence-corrected chi connectivity index (χ0v) is 13.2. The van der Waals surface area contributed by atoms with Gasteiger partial charge in [0.05, 0.1) is 18.1 Å². The number of nitrogens with zero attached hydrogens (tertiary/aromatic N) is 2. The summed E-state index contributed by atoms with van der Waals surface area (Å²) in [4.78, 5) is 27.9. The normalized spacial score (nSPS) is 10.6. The molecule has 0 unspecified atom stereocenters. The smallest absolute Gasteiger partial charge is 0.357 e. The third kappa shape index (κ3) is 3.64. The van der Waals surface area contributed by atoms with Crippen LogP contribution in [0.3, 0.4) is 0 Å². The molecule has 0 N–H and O–H groups in total. The van der Waals surface area contributed by atoms with Crippen LogP contribution in [0.5, 0.6) is 0 Å². The number of ketones is 1. The first-order chi connectivity index (χ1) is 12.5. The molecule has 5 nitrogen and oxygen atoms in total. The molecule has 0 amide bonds. The van der Waals surface area contributed by atoms with E-state index in [1.807, 2.05) is 0 Å². The predicted octanol–water partition coefficient (Wildman–Crippen LogP) is 3.33. The third-order valence-electron chi connectivity index (χ3n) is 3.52. The highest BCUT2D eigenvalue weighted by molar-refractivity contribution is 5.99. The van der Waals surface area contributed by atoms with E-state index >= 15 is 0 Å². The molecule has 0 aliphatic carbocycles. The molecule has 0 aliphatic rings. The van der Waals surface area contributed by atoms with Gasteiger partial charge in [0.1, 0.15) is 17.5 Å². The van der Waals surface area contributed by atoms with E-state index < -0.39 is 41.4 Å². The SMILES string of the molecule is O=C(COC(=O)c1cncn1-c1ccc(F)cc1)c1cc(F)ccc1F. The number of hydrogen-bond acceptors (Lipinski definition) is 4. The van der Waals surface area contributed by atoms with E-state index in [2.05, 4.69) is 4.98 Å². The number of hydrogen-bond donors (Lipinski definition) is 0. The molecule has 1 heterocycles. The van der Waals surface area contributed by atoms with Crippen molar-refractivity contribution < 1.29 is 27.5 Å². The van der Waals surface area contributed by atoms with E-state index in [-0.39, 0.29) is 5.69 Å². The van der Waals surface area contributed by atoms with Gasteiger partial charge in [-0.2, -0.15) is 0 Å². The molecule has 3 rings (SSSR count). The maximum atomic E-state index is 13.6. The van der Waals surface area contributed by atoms with Gasteiger partial charge >= 0.3 is 5.97 Å². The van der Waals surface area contributed by atoms with Crippen LogP contribution in [0, 0.1) is 17.5 Å². The number of esters is 1. The van der Waals surface area contributed by atoms with Gasteiger partial charge in [-0.25, -0.2) is 22.9 Å². The van der Waals surface area contributed by atoms with E-state index in [1.54, 1.807) is 0 Å². The highest BCUT2D eigenvalue weighted by atomic mass is 19.1. The number of aromatic nitrogens is 2. The molecule has 0 spiro atoms. The topological polar surface area (TPSA) is 61.2 Å². The van der Waals surface area contributed by atoms with Crippen molar-refractivity contribution in [3.05, 3.63) is 83.7 Å². The van der Waals surface area contributed by atoms with Gasteiger partial charge < -0.3 is 4.74 Å². The second-order valence-corrected chi connectivity index (χ2v) is 5.25. The molecule has 0 saturated heterocycles. The fourth-order valence-electron chi connectivity index (χ4n) is 2.25. The van der Waals surface area contributed by atoms with Crippen LogP contribution >= 0.6 is 0 Å². The Morgan fingerprint density at radius 1 is 1.00 bits per heavy atom. The summed E-state index contributed by atoms with van der Waals surface area (Å²) in [5.41, 5.74) is -0.0627. The zero-order chi connectivity index (χ0) is 18.7. The third-order valence-corrected chi connectivity index (χ3v) is 3.52. The summed E-state index contributed by atoms with van der Waals surface area (Å²) >= 11 is 0. The number of halogens is 3. The largest absolute Gasteiger partial charge is 0.453 e. The lowest BCUT2D eigenvalue weighted by Gasteiger charge is -2.08. The summed E-state index contributed by atoms with van der Waals surface area (Å²) < 4.78 is 45.9. The Morgan fingerprint density at radius 2 is 1.69 bits per heavy atom. The first kappa shape index (κ1) is 17.4. The van der Waals surface area contributed by atoms with Crippen LogP contribution in [0.4, 0.5) is 13.2 Å². The Hall–Kier alpha value is -3.42. The number of carbonyl (C=O) groups excluding carboxylic acids is 2. The van der Waals surface area contributed by atoms with Gasteiger partial charge in [0.15, 0.2) is 12.3 Å². The van der Waals surface area contributed by atoms with Crippen molar-refractivity contribution in [2.75, 3.05) is 6.61 Å². The molecule has 2 aromatic carbocycles. The monoisotopic (exact) mass is 360 g/mol. The minimum absolute atomic E-state index is 0.0101. The fourth-order valence-corrected chi connectivity index (χ4v) is 2.25. The Bertz CT molecular complexity index is 968. The number of imidazole rings is 1. The fraction of sp³-hybridized carbons (Fsp3) is 0.0556. The molecule has 1 aromatic heterocycles. The van der Waals surface area contributed by atoms with E-state index in [9.17, 15) is 22.8 Å². The first-order valence-corrected chi connectivity index (χ1v) is 7.39. The van der Waals surface area contributed by atoms with E-state index in [4.69, 9.17) is 4.74 Å². The van der Waals surface area contributed by atoms with Crippen LogP contribution in [0.15, 0.2) is 55.0 Å². The number of carbonyl (C=O) groups is 2. The van der Waals surface area contributed by atoms with Crippen LogP contribution in [0.25, 0.3) is 5.69 Å². The van der Waals surface area contributed by atoms with Crippen molar-refractivity contribution >= 4 is 11.8 Å². The number of ether oxygens (including phenoxy) is 1. The van der Waals surface area contributed by atoms with Crippen LogP contribution in [0.2, 0.25) is 0 Å². The Balaban J connectivity index is 1.73. The van der Waals surface area contributed by atoms with Crippen LogP contribution in [-0.2, 0) is 4.74 Å². The van der Waals surface area contributed by atoms with Crippen LogP contribution < -0.4 is 0 Å². The van der Waals surface area contributed by atoms with Gasteiger partial charge in [-0.1, -0.05) is 0 Å². The van der Waals surface area contributed by atoms with Crippen molar-refractivity contribution in [2.45, 2.75) is 0 Å². The molecule has 132 valence electrons. The lowest BCUT2D eigenvalue weighted by molar-refractivity contribution is 0.0465. The maximum Gasteiger partial charge on any atom is 0.357 e. The zero-order valence-electron chi connectivity index (χ0n) is 13.2. The Kier molecular flexibility index (Phi) is 4.83. The number of rotatable bonds is 5. The summed E-state index contributed by atoms with van der Waals surface area (Å²) in [6.45, 7) is -0.770. The van der Waals surface area contributed by atoms with Crippen LogP contribution in [-0.4, -0.2) is 27.9 Å². The van der Waals surface area contributed by atoms with Crippen molar-refractivity contribution in [2.24, 2.45) is 0 Å². The lowest BCUT2D eigenvalue weighted by Crippen LogP contribution is -2.17. The van der Waals surface area contributed by atoms with Gasteiger partial charge in [0.25, 0.3) is 0 Å². The second kappa shape index (κ2) is 7.22. The van der Waals surface area contributed by atoms with Gasteiger partial charge in [0.2, 0.25) is 5.78 Å². The van der Waals surface area contributed by atoms with Gasteiger partial charge in [-0.3, -0.25) is 9.36 Å². The van der Waals surface area contributed by atoms with E-state index in [0.717, 1.165) is 18.2 Å². The van der Waals surface area contributed by atoms with Crippen molar-refractivity contribution in [3.63, 3.8) is 0 Å². The first-order valence-electron chi connectivity index (χ1n) is 7.39. The molecular formula is C18H11F3N2O3. The average molecular weight is 360 g/mol. The molecule has 0 aliphatic heterocycles. The minimum Gasteiger partial charge on any atom is -0.453 e. The quantitative estimate of drug-likeness (QED) is 0.517. The lowest BCUT2D eigenvalue weighted by atomic mass is 10.1. The van der Waals surface area contributed by atoms with Crippen molar-refractivity contribution in [3.8, 4) is 5.69 Å². The standard InChI is InChI=1S/C18H11F3N2O3/c19-11-1-4-13(5-2-11)23-10-22-8-16(23)18(25)26-9-17(24)14-7-12(20)3-6-15(14)21/h1-8,10H,9H2. The molecule has 0 atom stereocenters. The van der Waals surface area contributed by atoms with E-state index in [0.29, 0.717) is 5.69 Å². The summed E-state index contributed by atoms with van der Waals surface area (Å²) in [6, 6.07) is 7.70. The van der Waals surface area contributed by atoms with E-state index in [1.165, 1.54) is 41.4 Å². The Morgan fingerprint density at radius 3 is 2.42 bits per heavy atom. The molecule has 0 radical (unpaired) electrons. The van der Waals surface area contributed by atoms with Crippen molar-refractivity contribution in [1.82, 2.24) is 9.55 Å². The summed E-state index contributed by atoms with van der Waals surface area (Å²) in [7, 11) is 0. The number of benzene rings is 2. The summed E-state index contributed by atoms with van der Waals surface area (Å²) in [5, 5.41) is 0. The maximum absolute atomic E-state index is 13.6. The molecule has 26 heavy (non-hydrogen) atoms. The van der Waals surface area contributed by atoms with Gasteiger partial charge in [-0.15, -0.1) is 0 Å². The second-order valence-electron chi connectivity index (χ2n) is 5.25. The predicted molar refractivity (Wildman–Crippen MR) is 84.5 cm³/mol. The van der Waals surface area contributed by atoms with Gasteiger partial charge in [-0.05, 0) is 42.5 Å². The minimum atomic E-state index is -0.913. The molecule has 0 fully saturated rings. The summed E-state index contributed by atoms with van der Waals surface area (Å²) in [6.07, 6.45) is 2.52. The Labute approximate surface area is 145 Å². The number of Topliss-reactive ketones (excluding diaryl/α,β-unsaturated/α-hetero) is 1. The highest BCUT2D eigenvalue weighted by Crippen LogP contribution is 2.14.